The average molecular weight is 416 g/mol. The Kier molecular flexibility index (Phi) is 5.07. The van der Waals surface area contributed by atoms with Crippen LogP contribution in [0.1, 0.15) is 30.5 Å². The highest BCUT2D eigenvalue weighted by atomic mass is 16.5. The Bertz CT molecular complexity index is 1320. The third-order valence-corrected chi connectivity index (χ3v) is 5.82. The minimum atomic E-state index is -0.0557. The predicted octanol–water partition coefficient (Wildman–Crippen LogP) is 3.03. The van der Waals surface area contributed by atoms with Crippen molar-refractivity contribution in [2.24, 2.45) is 0 Å². The lowest BCUT2D eigenvalue weighted by Crippen LogP contribution is -2.33. The molecule has 5 rings (SSSR count). The van der Waals surface area contributed by atoms with E-state index in [1.807, 2.05) is 37.3 Å². The number of ether oxygens (including phenoxy) is 1. The van der Waals surface area contributed by atoms with E-state index in [1.54, 1.807) is 24.1 Å². The molecule has 0 amide bonds. The minimum absolute atomic E-state index is 0.0302. The van der Waals surface area contributed by atoms with Gasteiger partial charge in [0.25, 0.3) is 5.56 Å². The standard InChI is InChI=1S/C23H24N6O2/c1-15-25-19-14-24-10-9-16(19)21(26-15)28-11-5-8-20(28)22-27-18-7-4-3-6-17(18)23(30)29(22)12-13-31-2/h3-4,6-7,9-10,14,20H,5,8,11-13H2,1-2H3. The summed E-state index contributed by atoms with van der Waals surface area (Å²) in [5, 5.41) is 1.58. The second kappa shape index (κ2) is 8.03. The van der Waals surface area contributed by atoms with Crippen molar-refractivity contribution in [1.29, 1.82) is 0 Å². The maximum atomic E-state index is 13.3. The van der Waals surface area contributed by atoms with Gasteiger partial charge in [0.2, 0.25) is 0 Å². The number of rotatable bonds is 5. The van der Waals surface area contributed by atoms with Crippen LogP contribution in [0.3, 0.4) is 0 Å². The number of anilines is 1. The van der Waals surface area contributed by atoms with Crippen LogP contribution in [-0.2, 0) is 11.3 Å². The molecule has 1 aliphatic heterocycles. The SMILES string of the molecule is COCCn1c(C2CCCN2c2nc(C)nc3cnccc23)nc2ccccc2c1=O. The molecule has 0 N–H and O–H groups in total. The van der Waals surface area contributed by atoms with Crippen molar-refractivity contribution in [3.05, 3.63) is 64.7 Å². The van der Waals surface area contributed by atoms with E-state index in [4.69, 9.17) is 14.7 Å². The maximum Gasteiger partial charge on any atom is 0.261 e. The van der Waals surface area contributed by atoms with Gasteiger partial charge in [0.05, 0.1) is 41.8 Å². The highest BCUT2D eigenvalue weighted by Crippen LogP contribution is 2.37. The fourth-order valence-corrected chi connectivity index (χ4v) is 4.42. The van der Waals surface area contributed by atoms with Gasteiger partial charge in [0, 0.05) is 25.2 Å². The van der Waals surface area contributed by atoms with Crippen molar-refractivity contribution in [1.82, 2.24) is 24.5 Å². The summed E-state index contributed by atoms with van der Waals surface area (Å²) >= 11 is 0. The molecule has 158 valence electrons. The van der Waals surface area contributed by atoms with Crippen LogP contribution in [0.25, 0.3) is 21.8 Å². The number of hydrogen-bond acceptors (Lipinski definition) is 7. The molecule has 1 saturated heterocycles. The van der Waals surface area contributed by atoms with E-state index in [-0.39, 0.29) is 11.6 Å². The average Bonchev–Trinajstić information content (AvgIpc) is 3.27. The van der Waals surface area contributed by atoms with Gasteiger partial charge in [-0.2, -0.15) is 0 Å². The van der Waals surface area contributed by atoms with Gasteiger partial charge in [-0.1, -0.05) is 12.1 Å². The summed E-state index contributed by atoms with van der Waals surface area (Å²) in [6.45, 7) is 3.64. The van der Waals surface area contributed by atoms with Gasteiger partial charge in [0.15, 0.2) is 0 Å². The summed E-state index contributed by atoms with van der Waals surface area (Å²) < 4.78 is 7.06. The summed E-state index contributed by atoms with van der Waals surface area (Å²) in [6, 6.07) is 9.41. The van der Waals surface area contributed by atoms with Crippen LogP contribution < -0.4 is 10.5 Å². The molecule has 0 saturated carbocycles. The second-order valence-electron chi connectivity index (χ2n) is 7.78. The highest BCUT2D eigenvalue weighted by molar-refractivity contribution is 5.89. The first kappa shape index (κ1) is 19.6. The number of pyridine rings is 1. The largest absolute Gasteiger partial charge is 0.383 e. The number of nitrogens with zero attached hydrogens (tertiary/aromatic N) is 6. The van der Waals surface area contributed by atoms with Gasteiger partial charge in [-0.3, -0.25) is 14.3 Å². The number of aryl methyl sites for hydroxylation is 1. The fraction of sp³-hybridized carbons (Fsp3) is 0.348. The predicted molar refractivity (Wildman–Crippen MR) is 119 cm³/mol. The lowest BCUT2D eigenvalue weighted by molar-refractivity contribution is 0.184. The summed E-state index contributed by atoms with van der Waals surface area (Å²) in [5.74, 6) is 2.33. The molecule has 8 heteroatoms. The Morgan fingerprint density at radius 2 is 1.97 bits per heavy atom. The van der Waals surface area contributed by atoms with Crippen LogP contribution in [0.4, 0.5) is 5.82 Å². The van der Waals surface area contributed by atoms with Crippen molar-refractivity contribution in [2.75, 3.05) is 25.2 Å². The van der Waals surface area contributed by atoms with Crippen molar-refractivity contribution >= 4 is 27.6 Å². The summed E-state index contributed by atoms with van der Waals surface area (Å²) in [5.41, 5.74) is 1.51. The highest BCUT2D eigenvalue weighted by Gasteiger charge is 2.32. The van der Waals surface area contributed by atoms with Gasteiger partial charge in [-0.25, -0.2) is 15.0 Å². The van der Waals surface area contributed by atoms with Crippen LogP contribution in [0.15, 0.2) is 47.5 Å². The number of hydrogen-bond donors (Lipinski definition) is 0. The van der Waals surface area contributed by atoms with E-state index < -0.39 is 0 Å². The zero-order valence-corrected chi connectivity index (χ0v) is 17.7. The molecule has 4 aromatic rings. The zero-order chi connectivity index (χ0) is 21.4. The Balaban J connectivity index is 1.69. The van der Waals surface area contributed by atoms with Crippen LogP contribution in [-0.4, -0.2) is 44.8 Å². The van der Waals surface area contributed by atoms with Crippen LogP contribution in [0, 0.1) is 6.92 Å². The van der Waals surface area contributed by atoms with Gasteiger partial charge >= 0.3 is 0 Å². The lowest BCUT2D eigenvalue weighted by Gasteiger charge is -2.28. The smallest absolute Gasteiger partial charge is 0.261 e. The number of aromatic nitrogens is 5. The Labute approximate surface area is 179 Å². The summed E-state index contributed by atoms with van der Waals surface area (Å²) in [7, 11) is 1.64. The van der Waals surface area contributed by atoms with Crippen molar-refractivity contribution in [3.63, 3.8) is 0 Å². The molecule has 1 atom stereocenters. The molecule has 0 aliphatic carbocycles. The minimum Gasteiger partial charge on any atom is -0.383 e. The molecule has 1 aromatic carbocycles. The molecule has 1 unspecified atom stereocenters. The van der Waals surface area contributed by atoms with E-state index in [0.29, 0.717) is 24.4 Å². The van der Waals surface area contributed by atoms with Gasteiger partial charge < -0.3 is 9.64 Å². The molecule has 31 heavy (non-hydrogen) atoms. The van der Waals surface area contributed by atoms with Crippen molar-refractivity contribution in [3.8, 4) is 0 Å². The Hall–Kier alpha value is -3.39. The number of methoxy groups -OCH3 is 1. The third-order valence-electron chi connectivity index (χ3n) is 5.82. The van der Waals surface area contributed by atoms with E-state index in [0.717, 1.165) is 47.4 Å². The molecule has 0 radical (unpaired) electrons. The second-order valence-corrected chi connectivity index (χ2v) is 7.78. The first-order chi connectivity index (χ1) is 15.2. The lowest BCUT2D eigenvalue weighted by atomic mass is 10.1. The molecule has 1 aliphatic rings. The molecule has 0 spiro atoms. The summed E-state index contributed by atoms with van der Waals surface area (Å²) in [6.07, 6.45) is 5.42. The number of para-hydroxylation sites is 1. The van der Waals surface area contributed by atoms with Crippen LogP contribution in [0.5, 0.6) is 0 Å². The normalized spacial score (nSPS) is 16.5. The number of benzene rings is 1. The van der Waals surface area contributed by atoms with E-state index in [1.165, 1.54) is 0 Å². The molecule has 8 nitrogen and oxygen atoms in total. The Morgan fingerprint density at radius 1 is 1.10 bits per heavy atom. The van der Waals surface area contributed by atoms with Crippen molar-refractivity contribution < 1.29 is 4.74 Å². The first-order valence-corrected chi connectivity index (χ1v) is 10.5. The molecule has 0 bridgehead atoms. The fourth-order valence-electron chi connectivity index (χ4n) is 4.42. The first-order valence-electron chi connectivity index (χ1n) is 10.5. The molecule has 4 heterocycles. The third kappa shape index (κ3) is 3.42. The number of fused-ring (bicyclic) bond motifs is 2. The monoisotopic (exact) mass is 416 g/mol. The quantitative estimate of drug-likeness (QED) is 0.494. The topological polar surface area (TPSA) is 86.0 Å². The summed E-state index contributed by atoms with van der Waals surface area (Å²) in [4.78, 5) is 34.1. The molecule has 1 fully saturated rings. The van der Waals surface area contributed by atoms with Crippen LogP contribution >= 0.6 is 0 Å². The van der Waals surface area contributed by atoms with Gasteiger partial charge in [-0.05, 0) is 38.0 Å². The van der Waals surface area contributed by atoms with E-state index >= 15 is 0 Å². The molecular formula is C23H24N6O2. The van der Waals surface area contributed by atoms with E-state index in [2.05, 4.69) is 14.9 Å². The van der Waals surface area contributed by atoms with Gasteiger partial charge in [0.1, 0.15) is 17.5 Å². The zero-order valence-electron chi connectivity index (χ0n) is 17.7. The maximum absolute atomic E-state index is 13.3. The van der Waals surface area contributed by atoms with Crippen molar-refractivity contribution in [2.45, 2.75) is 32.4 Å². The molecular weight excluding hydrogens is 392 g/mol. The molecule has 3 aromatic heterocycles. The van der Waals surface area contributed by atoms with Gasteiger partial charge in [-0.15, -0.1) is 0 Å². The van der Waals surface area contributed by atoms with Crippen LogP contribution in [0.2, 0.25) is 0 Å². The Morgan fingerprint density at radius 3 is 2.84 bits per heavy atom. The van der Waals surface area contributed by atoms with E-state index in [9.17, 15) is 4.79 Å².